The van der Waals surface area contributed by atoms with E-state index < -0.39 is 5.97 Å². The molecule has 4 aromatic rings. The first-order valence-corrected chi connectivity index (χ1v) is 12.3. The van der Waals surface area contributed by atoms with Crippen LogP contribution in [0, 0.1) is 0 Å². The molecule has 0 radical (unpaired) electrons. The Hall–Kier alpha value is -3.82. The predicted molar refractivity (Wildman–Crippen MR) is 142 cm³/mol. The van der Waals surface area contributed by atoms with Gasteiger partial charge in [-0.15, -0.1) is 11.3 Å². The number of aromatic nitrogens is 1. The number of amides is 1. The van der Waals surface area contributed by atoms with Crippen LogP contribution in [0.25, 0.3) is 10.1 Å². The molecule has 0 fully saturated rings. The minimum Gasteiger partial charge on any atom is -0.493 e. The maximum absolute atomic E-state index is 13.1. The van der Waals surface area contributed by atoms with E-state index in [4.69, 9.17) is 31.5 Å². The Kier molecular flexibility index (Phi) is 7.61. The second-order valence-corrected chi connectivity index (χ2v) is 9.05. The minimum absolute atomic E-state index is 0.124. The van der Waals surface area contributed by atoms with Crippen molar-refractivity contribution >= 4 is 56.4 Å². The zero-order valence-corrected chi connectivity index (χ0v) is 21.5. The van der Waals surface area contributed by atoms with Crippen LogP contribution < -0.4 is 20.1 Å². The van der Waals surface area contributed by atoms with Gasteiger partial charge in [0, 0.05) is 40.5 Å². The fraction of sp³-hybridized carbons (Fsp3) is 0.192. The molecule has 36 heavy (non-hydrogen) atoms. The summed E-state index contributed by atoms with van der Waals surface area (Å²) in [6.07, 6.45) is 1.42. The van der Waals surface area contributed by atoms with Crippen molar-refractivity contribution in [3.8, 4) is 11.5 Å². The standard InChI is InChI=1S/C26H24ClN3O5S/c1-4-34-26(32)19-12-29-24(28)22-16(14-36-23(19)22)13-35-21-11-15(5-10-20(21)33-3)25(31)30(2)18-8-6-17(27)7-9-18/h5-12,14H,4,13H2,1-3H3,(H2,28,29). The lowest BCUT2D eigenvalue weighted by atomic mass is 10.1. The molecule has 0 aliphatic heterocycles. The van der Waals surface area contributed by atoms with Gasteiger partial charge in [0.2, 0.25) is 0 Å². The quantitative estimate of drug-likeness (QED) is 0.300. The summed E-state index contributed by atoms with van der Waals surface area (Å²) in [5.74, 6) is 0.470. The van der Waals surface area contributed by atoms with E-state index in [1.807, 2.05) is 5.38 Å². The van der Waals surface area contributed by atoms with Gasteiger partial charge in [-0.1, -0.05) is 11.6 Å². The first kappa shape index (κ1) is 25.3. The molecule has 0 bridgehead atoms. The van der Waals surface area contributed by atoms with Gasteiger partial charge in [0.25, 0.3) is 5.91 Å². The molecule has 2 aromatic heterocycles. The summed E-state index contributed by atoms with van der Waals surface area (Å²) in [6.45, 7) is 2.13. The molecule has 0 aliphatic rings. The lowest BCUT2D eigenvalue weighted by molar-refractivity contribution is 0.0528. The number of nitrogens with two attached hydrogens (primary N) is 1. The number of methoxy groups -OCH3 is 1. The molecule has 0 saturated carbocycles. The van der Waals surface area contributed by atoms with Crippen molar-refractivity contribution in [3.63, 3.8) is 0 Å². The number of fused-ring (bicyclic) bond motifs is 1. The molecule has 0 aliphatic carbocycles. The average Bonchev–Trinajstić information content (AvgIpc) is 3.32. The van der Waals surface area contributed by atoms with E-state index in [-0.39, 0.29) is 19.1 Å². The molecule has 2 N–H and O–H groups in total. The van der Waals surface area contributed by atoms with Gasteiger partial charge in [0.15, 0.2) is 11.5 Å². The molecule has 10 heteroatoms. The topological polar surface area (TPSA) is 104 Å². The summed E-state index contributed by atoms with van der Waals surface area (Å²) >= 11 is 7.32. The molecule has 8 nitrogen and oxygen atoms in total. The molecule has 186 valence electrons. The second-order valence-electron chi connectivity index (χ2n) is 7.74. The van der Waals surface area contributed by atoms with Crippen LogP contribution in [-0.2, 0) is 11.3 Å². The highest BCUT2D eigenvalue weighted by atomic mass is 35.5. The van der Waals surface area contributed by atoms with Crippen LogP contribution in [0.2, 0.25) is 5.02 Å². The Balaban J connectivity index is 1.60. The van der Waals surface area contributed by atoms with E-state index >= 15 is 0 Å². The van der Waals surface area contributed by atoms with Crippen LogP contribution in [0.5, 0.6) is 11.5 Å². The highest BCUT2D eigenvalue weighted by molar-refractivity contribution is 7.17. The number of pyridine rings is 1. The number of thiophene rings is 1. The Bertz CT molecular complexity index is 1420. The fourth-order valence-corrected chi connectivity index (χ4v) is 4.83. The van der Waals surface area contributed by atoms with Gasteiger partial charge in [0.05, 0.1) is 24.0 Å². The lowest BCUT2D eigenvalue weighted by Crippen LogP contribution is -2.26. The number of carbonyl (C=O) groups is 2. The minimum atomic E-state index is -0.456. The molecule has 4 rings (SSSR count). The van der Waals surface area contributed by atoms with Crippen LogP contribution in [0.1, 0.15) is 33.2 Å². The van der Waals surface area contributed by atoms with Gasteiger partial charge in [-0.3, -0.25) is 4.79 Å². The van der Waals surface area contributed by atoms with Crippen LogP contribution in [-0.4, -0.2) is 37.6 Å². The van der Waals surface area contributed by atoms with Crippen LogP contribution in [0.15, 0.2) is 54.0 Å². The van der Waals surface area contributed by atoms with Crippen LogP contribution in [0.4, 0.5) is 11.5 Å². The molecule has 0 unspecified atom stereocenters. The van der Waals surface area contributed by atoms with Crippen molar-refractivity contribution in [1.82, 2.24) is 4.98 Å². The first-order chi connectivity index (χ1) is 17.3. The van der Waals surface area contributed by atoms with Gasteiger partial charge in [-0.2, -0.15) is 0 Å². The van der Waals surface area contributed by atoms with E-state index in [2.05, 4.69) is 4.98 Å². The zero-order chi connectivity index (χ0) is 25.8. The van der Waals surface area contributed by atoms with Gasteiger partial charge in [-0.25, -0.2) is 9.78 Å². The Morgan fingerprint density at radius 3 is 2.58 bits per heavy atom. The summed E-state index contributed by atoms with van der Waals surface area (Å²) < 4.78 is 17.3. The van der Waals surface area contributed by atoms with Crippen molar-refractivity contribution in [2.75, 3.05) is 31.4 Å². The third-order valence-corrected chi connectivity index (χ3v) is 6.82. The average molecular weight is 526 g/mol. The number of rotatable bonds is 8. The Morgan fingerprint density at radius 1 is 1.14 bits per heavy atom. The third-order valence-electron chi connectivity index (χ3n) is 5.51. The maximum atomic E-state index is 13.1. The van der Waals surface area contributed by atoms with Crippen molar-refractivity contribution in [1.29, 1.82) is 0 Å². The van der Waals surface area contributed by atoms with Crippen LogP contribution >= 0.6 is 22.9 Å². The number of hydrogen-bond donors (Lipinski definition) is 1. The zero-order valence-electron chi connectivity index (χ0n) is 19.9. The predicted octanol–water partition coefficient (Wildman–Crippen LogP) is 5.57. The maximum Gasteiger partial charge on any atom is 0.341 e. The summed E-state index contributed by atoms with van der Waals surface area (Å²) in [7, 11) is 3.21. The van der Waals surface area contributed by atoms with Gasteiger partial charge >= 0.3 is 5.97 Å². The van der Waals surface area contributed by atoms with Gasteiger partial charge in [0.1, 0.15) is 12.4 Å². The van der Waals surface area contributed by atoms with Crippen molar-refractivity contribution in [3.05, 3.63) is 75.8 Å². The number of halogens is 1. The van der Waals surface area contributed by atoms with E-state index in [1.165, 1.54) is 29.5 Å². The highest BCUT2D eigenvalue weighted by Crippen LogP contribution is 2.35. The van der Waals surface area contributed by atoms with E-state index in [0.717, 1.165) is 5.56 Å². The summed E-state index contributed by atoms with van der Waals surface area (Å²) in [6, 6.07) is 12.0. The van der Waals surface area contributed by atoms with Crippen molar-refractivity contribution in [2.24, 2.45) is 0 Å². The first-order valence-electron chi connectivity index (χ1n) is 11.0. The number of nitrogens with zero attached hydrogens (tertiary/aromatic N) is 2. The van der Waals surface area contributed by atoms with E-state index in [9.17, 15) is 9.59 Å². The number of nitrogen functional groups attached to an aromatic ring is 1. The third kappa shape index (κ3) is 5.07. The highest BCUT2D eigenvalue weighted by Gasteiger charge is 2.20. The molecule has 0 spiro atoms. The Labute approximate surface area is 217 Å². The largest absolute Gasteiger partial charge is 0.493 e. The number of anilines is 2. The molecular formula is C26H24ClN3O5S. The molecule has 2 heterocycles. The van der Waals surface area contributed by atoms with E-state index in [1.54, 1.807) is 56.4 Å². The van der Waals surface area contributed by atoms with Crippen LogP contribution in [0.3, 0.4) is 0 Å². The molecule has 0 saturated heterocycles. The normalized spacial score (nSPS) is 10.8. The monoisotopic (exact) mass is 525 g/mol. The number of hydrogen-bond acceptors (Lipinski definition) is 8. The molecular weight excluding hydrogens is 502 g/mol. The van der Waals surface area contributed by atoms with Crippen molar-refractivity contribution < 1.29 is 23.8 Å². The molecule has 1 amide bonds. The number of carbonyl (C=O) groups excluding carboxylic acids is 2. The van der Waals surface area contributed by atoms with Gasteiger partial charge < -0.3 is 24.8 Å². The number of ether oxygens (including phenoxy) is 3. The van der Waals surface area contributed by atoms with Crippen molar-refractivity contribution in [2.45, 2.75) is 13.5 Å². The fourth-order valence-electron chi connectivity index (χ4n) is 3.64. The second kappa shape index (κ2) is 10.8. The van der Waals surface area contributed by atoms with Gasteiger partial charge in [-0.05, 0) is 54.8 Å². The SMILES string of the molecule is CCOC(=O)c1cnc(N)c2c(COc3cc(C(=O)N(C)c4ccc(Cl)cc4)ccc3OC)csc12. The summed E-state index contributed by atoms with van der Waals surface area (Å²) in [5.41, 5.74) is 8.37. The number of benzene rings is 2. The molecule has 0 atom stereocenters. The summed E-state index contributed by atoms with van der Waals surface area (Å²) in [5, 5.41) is 3.09. The van der Waals surface area contributed by atoms with E-state index in [0.29, 0.717) is 49.2 Å². The smallest absolute Gasteiger partial charge is 0.341 e. The Morgan fingerprint density at radius 2 is 1.89 bits per heavy atom. The summed E-state index contributed by atoms with van der Waals surface area (Å²) in [4.78, 5) is 31.1. The molecule has 2 aromatic carbocycles. The number of esters is 1. The lowest BCUT2D eigenvalue weighted by Gasteiger charge is -2.19.